The van der Waals surface area contributed by atoms with Crippen LogP contribution in [0, 0.1) is 22.7 Å². The lowest BCUT2D eigenvalue weighted by Gasteiger charge is -2.62. The summed E-state index contributed by atoms with van der Waals surface area (Å²) in [5.41, 5.74) is -9.41. The first-order chi connectivity index (χ1) is 17.0. The van der Waals surface area contributed by atoms with Gasteiger partial charge in [0.2, 0.25) is 5.78 Å². The molecule has 0 aliphatic heterocycles. The summed E-state index contributed by atoms with van der Waals surface area (Å²) in [7, 11) is 0. The number of fused-ring (bicyclic) bond motifs is 5. The third-order valence-electron chi connectivity index (χ3n) is 8.75. The van der Waals surface area contributed by atoms with Gasteiger partial charge in [0.05, 0.1) is 8.85 Å². The Hall–Kier alpha value is -2.46. The summed E-state index contributed by atoms with van der Waals surface area (Å²) in [4.78, 5) is 48.7. The third-order valence-corrected chi connectivity index (χ3v) is 8.75. The van der Waals surface area contributed by atoms with E-state index in [1.54, 1.807) is 0 Å². The van der Waals surface area contributed by atoms with Crippen LogP contribution in [0.2, 0.25) is 0 Å². The summed E-state index contributed by atoms with van der Waals surface area (Å²) < 4.78 is 59.6. The van der Waals surface area contributed by atoms with Crippen LogP contribution in [0.4, 0.5) is 8.78 Å². The molecule has 0 aromatic carbocycles. The highest BCUT2D eigenvalue weighted by atomic mass is 19.1. The van der Waals surface area contributed by atoms with E-state index >= 15 is 8.78 Å². The fourth-order valence-corrected chi connectivity index (χ4v) is 7.12. The first kappa shape index (κ1) is 23.0. The minimum Gasteiger partial charge on any atom is -0.459 e. The maximum absolute atomic E-state index is 17.4. The molecule has 192 valence electrons. The molecule has 0 aromatic rings. The second-order valence-corrected chi connectivity index (χ2v) is 10.5. The number of ketones is 2. The lowest BCUT2D eigenvalue weighted by atomic mass is 9.44. The van der Waals surface area contributed by atoms with Crippen LogP contribution in [0.5, 0.6) is 0 Å². The third kappa shape index (κ3) is 3.28. The van der Waals surface area contributed by atoms with E-state index in [1.165, 1.54) is 13.8 Å². The van der Waals surface area contributed by atoms with Crippen LogP contribution in [0.1, 0.15) is 49.7 Å². The van der Waals surface area contributed by atoms with Gasteiger partial charge in [-0.25, -0.2) is 8.78 Å². The van der Waals surface area contributed by atoms with Gasteiger partial charge in [0.1, 0.15) is 12.3 Å². The smallest absolute Gasteiger partial charge is 0.303 e. The van der Waals surface area contributed by atoms with Crippen molar-refractivity contribution < 1.29 is 50.4 Å². The van der Waals surface area contributed by atoms with Gasteiger partial charge in [0.25, 0.3) is 0 Å². The predicted octanol–water partition coefficient (Wildman–Crippen LogP) is 1.71. The fraction of sp³-hybridized carbons (Fsp3) is 0.680. The number of hydrogen-bond acceptors (Lipinski definition) is 8. The molecule has 35 heavy (non-hydrogen) atoms. The van der Waals surface area contributed by atoms with Crippen LogP contribution in [-0.2, 0) is 28.7 Å². The Bertz CT molecular complexity index is 1160. The molecule has 4 aliphatic carbocycles. The summed E-state index contributed by atoms with van der Waals surface area (Å²) in [6, 6.07) is -1.57. The van der Waals surface area contributed by atoms with Crippen LogP contribution in [0.3, 0.4) is 0 Å². The summed E-state index contributed by atoms with van der Waals surface area (Å²) in [5, 5.41) is 23.2. The van der Waals surface area contributed by atoms with Crippen molar-refractivity contribution in [2.75, 3.05) is 6.61 Å². The van der Waals surface area contributed by atoms with Crippen molar-refractivity contribution in [2.24, 2.45) is 22.7 Å². The van der Waals surface area contributed by atoms with Crippen molar-refractivity contribution in [3.05, 3.63) is 23.8 Å². The quantitative estimate of drug-likeness (QED) is 0.559. The van der Waals surface area contributed by atoms with Gasteiger partial charge in [-0.1, -0.05) is 13.0 Å². The molecule has 0 amide bonds. The van der Waals surface area contributed by atoms with Gasteiger partial charge < -0.3 is 19.7 Å². The number of hydrogen-bond donors (Lipinski definition) is 2. The number of aliphatic hydroxyl groups excluding tert-OH is 1. The average molecular weight is 501 g/mol. The molecule has 0 radical (unpaired) electrons. The molecule has 0 bridgehead atoms. The molecular weight excluding hydrogens is 466 g/mol. The maximum Gasteiger partial charge on any atom is 0.303 e. The minimum absolute atomic E-state index is 0.271. The van der Waals surface area contributed by atoms with Crippen LogP contribution in [-0.4, -0.2) is 70.0 Å². The first-order valence-corrected chi connectivity index (χ1v) is 11.5. The second-order valence-electron chi connectivity index (χ2n) is 10.5. The Balaban J connectivity index is 1.88. The summed E-state index contributed by atoms with van der Waals surface area (Å²) in [6.45, 7) is 3.84. The molecule has 0 aromatic heterocycles. The Morgan fingerprint density at radius 1 is 1.20 bits per heavy atom. The van der Waals surface area contributed by atoms with E-state index in [0.29, 0.717) is 0 Å². The number of halogens is 2. The minimum atomic E-state index is -2.75. The van der Waals surface area contributed by atoms with E-state index in [2.05, 4.69) is 0 Å². The lowest BCUT2D eigenvalue weighted by Crippen LogP contribution is -2.71. The Morgan fingerprint density at radius 3 is 2.46 bits per heavy atom. The van der Waals surface area contributed by atoms with Gasteiger partial charge in [-0.15, -0.1) is 0 Å². The maximum atomic E-state index is 17.4. The Morgan fingerprint density at radius 2 is 1.86 bits per heavy atom. The van der Waals surface area contributed by atoms with Gasteiger partial charge in [-0.05, 0) is 49.8 Å². The van der Waals surface area contributed by atoms with Gasteiger partial charge in [-0.2, -0.15) is 0 Å². The van der Waals surface area contributed by atoms with Crippen molar-refractivity contribution in [2.45, 2.75) is 76.6 Å². The number of Topliss-reactive ketones (excluding diaryl/α,β-unsaturated/α-hetero) is 1. The van der Waals surface area contributed by atoms with E-state index in [1.807, 2.05) is 0 Å². The molecule has 0 saturated heterocycles. The number of carbonyl (C=O) groups excluding carboxylic acids is 4. The first-order valence-electron chi connectivity index (χ1n) is 12.5. The van der Waals surface area contributed by atoms with Gasteiger partial charge in [0.15, 0.2) is 23.7 Å². The van der Waals surface area contributed by atoms with Crippen molar-refractivity contribution in [3.8, 4) is 0 Å². The van der Waals surface area contributed by atoms with E-state index in [9.17, 15) is 29.4 Å². The monoisotopic (exact) mass is 500 g/mol. The van der Waals surface area contributed by atoms with Gasteiger partial charge >= 0.3 is 11.9 Å². The van der Waals surface area contributed by atoms with E-state index < -0.39 is 107 Å². The van der Waals surface area contributed by atoms with Crippen LogP contribution in [0.25, 0.3) is 0 Å². The number of aliphatic hydroxyl groups is 2. The van der Waals surface area contributed by atoms with Crippen LogP contribution in [0.15, 0.2) is 23.8 Å². The largest absolute Gasteiger partial charge is 0.459 e. The Labute approximate surface area is 204 Å². The lowest BCUT2D eigenvalue weighted by molar-refractivity contribution is -0.227. The van der Waals surface area contributed by atoms with Gasteiger partial charge in [0, 0.05) is 30.6 Å². The topological polar surface area (TPSA) is 127 Å². The molecule has 3 fully saturated rings. The number of rotatable bonds is 4. The zero-order chi connectivity index (χ0) is 27.9. The van der Waals surface area contributed by atoms with Crippen LogP contribution >= 0.6 is 0 Å². The summed E-state index contributed by atoms with van der Waals surface area (Å²) in [5.74, 6) is -6.03. The van der Waals surface area contributed by atoms with Crippen molar-refractivity contribution in [3.63, 3.8) is 0 Å². The zero-order valence-corrected chi connectivity index (χ0v) is 19.9. The average Bonchev–Trinajstić information content (AvgIpc) is 3.02. The predicted molar refractivity (Wildman–Crippen MR) is 116 cm³/mol. The molecule has 8 nitrogen and oxygen atoms in total. The van der Waals surface area contributed by atoms with Gasteiger partial charge in [-0.3, -0.25) is 19.2 Å². The number of carbonyl (C=O) groups is 4. The number of allylic oxidation sites excluding steroid dienone is 4. The number of ether oxygens (including phenoxy) is 2. The van der Waals surface area contributed by atoms with E-state index in [4.69, 9.17) is 12.2 Å². The van der Waals surface area contributed by atoms with Crippen molar-refractivity contribution in [1.82, 2.24) is 0 Å². The normalized spacial score (nSPS) is 47.5. The van der Waals surface area contributed by atoms with E-state index in [0.717, 1.165) is 19.9 Å². The fourth-order valence-electron chi connectivity index (χ4n) is 7.12. The number of esters is 2. The molecule has 4 rings (SSSR count). The highest BCUT2D eigenvalue weighted by Gasteiger charge is 2.78. The highest BCUT2D eigenvalue weighted by Crippen LogP contribution is 2.70. The standard InChI is InChI=1S/C25H30F2O8/c1-12(28)34-11-20(32)25(33)21(35-13(2)29)9-15-16-8-18(26)17-7-14(30)5-6-22(17,3)24(16,27)19(31)10-23(15,25)4/h5-7,15-16,18-19,21,31,33H,8-11H2,1-4H3/t15-,16-,18-,19-,21+,22-,23-,24-,25+/m0/s1/i5T,6T. The molecule has 3 saturated carbocycles. The summed E-state index contributed by atoms with van der Waals surface area (Å²) in [6.07, 6.45) is -5.94. The zero-order valence-electron chi connectivity index (χ0n) is 21.9. The van der Waals surface area contributed by atoms with E-state index in [-0.39, 0.29) is 12.0 Å². The highest BCUT2D eigenvalue weighted by molar-refractivity contribution is 6.01. The molecule has 10 heteroatoms. The van der Waals surface area contributed by atoms with Crippen LogP contribution < -0.4 is 0 Å². The molecular formula is C25H30F2O8. The SMILES string of the molecule is [3H]C1=C([3H])[C@@]2(C)C(=CC1=O)[C@@H](F)C[C@H]1[C@@H]3C[C@@H](OC(C)=O)[C@](O)(C(=O)COC(C)=O)[C@@]3(C)C[C@H](O)[C@@]12F. The number of alkyl halides is 2. The molecule has 0 unspecified atom stereocenters. The molecule has 4 aliphatic rings. The molecule has 0 spiro atoms. The molecule has 9 atom stereocenters. The Kier molecular flexibility index (Phi) is 5.27. The summed E-state index contributed by atoms with van der Waals surface area (Å²) >= 11 is 0. The van der Waals surface area contributed by atoms with Crippen molar-refractivity contribution >= 4 is 23.5 Å². The molecule has 0 heterocycles. The second kappa shape index (κ2) is 8.03. The molecule has 2 N–H and O–H groups in total. The van der Waals surface area contributed by atoms with Crippen molar-refractivity contribution in [1.29, 1.82) is 0 Å².